The Morgan fingerprint density at radius 1 is 0.524 bits per heavy atom. The predicted octanol–water partition coefficient (Wildman–Crippen LogP) is 6.93. The first-order chi connectivity index (χ1) is 20.6. The van der Waals surface area contributed by atoms with Crippen molar-refractivity contribution in [3.63, 3.8) is 0 Å². The molecule has 0 saturated carbocycles. The fraction of sp³-hybridized carbons (Fsp3) is 0.143. The highest BCUT2D eigenvalue weighted by Crippen LogP contribution is 2.20. The van der Waals surface area contributed by atoms with E-state index in [-0.39, 0.29) is 0 Å². The molecule has 42 heavy (non-hydrogen) atoms. The lowest BCUT2D eigenvalue weighted by molar-refractivity contribution is 0.879. The summed E-state index contributed by atoms with van der Waals surface area (Å²) in [4.78, 5) is 23.7. The van der Waals surface area contributed by atoms with E-state index in [9.17, 15) is 0 Å². The predicted molar refractivity (Wildman–Crippen MR) is 177 cm³/mol. The molecule has 0 radical (unpaired) electrons. The molecule has 0 unspecified atom stereocenters. The SMILES string of the molecule is S=c1nc(SCNc2ccc(NCSc3nc(NCc4ccccc4)[nH]c(=S)n3)cc2)nc(NCc2ccccc2)[nH]1. The molecule has 0 aliphatic heterocycles. The molecule has 5 aromatic rings. The second-order valence-corrected chi connectivity index (χ2v) is 11.4. The number of nitrogens with one attached hydrogen (secondary N) is 6. The maximum absolute atomic E-state index is 5.28. The average Bonchev–Trinajstić information content (AvgIpc) is 3.00. The zero-order valence-electron chi connectivity index (χ0n) is 22.3. The maximum Gasteiger partial charge on any atom is 0.205 e. The summed E-state index contributed by atoms with van der Waals surface area (Å²) in [6, 6.07) is 28.3. The highest BCUT2D eigenvalue weighted by atomic mass is 32.2. The van der Waals surface area contributed by atoms with Crippen LogP contribution in [-0.2, 0) is 13.1 Å². The van der Waals surface area contributed by atoms with Crippen LogP contribution in [-0.4, -0.2) is 41.7 Å². The second kappa shape index (κ2) is 15.3. The number of anilines is 4. The largest absolute Gasteiger partial charge is 0.376 e. The Hall–Kier alpha value is -3.98. The monoisotopic (exact) mass is 632 g/mol. The molecule has 2 aromatic heterocycles. The summed E-state index contributed by atoms with van der Waals surface area (Å²) in [7, 11) is 0. The number of hydrogen-bond donors (Lipinski definition) is 6. The molecule has 0 fully saturated rings. The van der Waals surface area contributed by atoms with Gasteiger partial charge in [-0.3, -0.25) is 0 Å². The number of thioether (sulfide) groups is 2. The van der Waals surface area contributed by atoms with Crippen LogP contribution < -0.4 is 21.3 Å². The molecule has 0 bridgehead atoms. The van der Waals surface area contributed by atoms with Gasteiger partial charge in [0.25, 0.3) is 0 Å². The van der Waals surface area contributed by atoms with E-state index >= 15 is 0 Å². The molecule has 3 aromatic carbocycles. The van der Waals surface area contributed by atoms with Crippen molar-refractivity contribution in [1.82, 2.24) is 29.9 Å². The van der Waals surface area contributed by atoms with Gasteiger partial charge in [0.2, 0.25) is 21.4 Å². The minimum Gasteiger partial charge on any atom is -0.376 e. The molecule has 0 aliphatic carbocycles. The number of aromatic amines is 2. The van der Waals surface area contributed by atoms with E-state index in [1.807, 2.05) is 60.7 Å². The molecule has 14 heteroatoms. The lowest BCUT2D eigenvalue weighted by Gasteiger charge is -2.10. The average molecular weight is 633 g/mol. The van der Waals surface area contributed by atoms with E-state index in [1.165, 1.54) is 23.5 Å². The van der Waals surface area contributed by atoms with Gasteiger partial charge in [-0.15, -0.1) is 0 Å². The fourth-order valence-electron chi connectivity index (χ4n) is 3.66. The van der Waals surface area contributed by atoms with Gasteiger partial charge in [-0.05, 0) is 59.8 Å². The number of rotatable bonds is 14. The number of benzene rings is 3. The Kier molecular flexibility index (Phi) is 10.8. The lowest BCUT2D eigenvalue weighted by atomic mass is 10.2. The van der Waals surface area contributed by atoms with Crippen molar-refractivity contribution in [3.8, 4) is 0 Å². The smallest absolute Gasteiger partial charge is 0.205 e. The summed E-state index contributed by atoms with van der Waals surface area (Å²) in [5, 5.41) is 14.5. The van der Waals surface area contributed by atoms with Crippen molar-refractivity contribution in [1.29, 1.82) is 0 Å². The molecule has 0 amide bonds. The molecule has 0 saturated heterocycles. The fourth-order valence-corrected chi connectivity index (χ4v) is 5.50. The van der Waals surface area contributed by atoms with Crippen LogP contribution in [0.25, 0.3) is 0 Å². The van der Waals surface area contributed by atoms with E-state index < -0.39 is 0 Å². The molecule has 6 N–H and O–H groups in total. The van der Waals surface area contributed by atoms with Crippen LogP contribution in [0.15, 0.2) is 95.2 Å². The van der Waals surface area contributed by atoms with Gasteiger partial charge in [0.05, 0.1) is 11.8 Å². The minimum absolute atomic E-state index is 0.388. The standard InChI is InChI=1S/C28H28N10S4/c39-25-33-23(29-15-19-7-3-1-4-8-19)35-27(37-25)41-17-31-21-11-13-22(14-12-21)32-18-42-28-36-24(34-26(40)38-28)30-16-20-9-5-2-6-10-20/h1-14,31-32H,15-18H2,(H2,29,33,35,37,39)(H2,30,34,36,38,40). The highest BCUT2D eigenvalue weighted by molar-refractivity contribution is 7.99. The summed E-state index contributed by atoms with van der Waals surface area (Å²) in [5.41, 5.74) is 4.27. The summed E-state index contributed by atoms with van der Waals surface area (Å²) >= 11 is 13.5. The van der Waals surface area contributed by atoms with Gasteiger partial charge in [-0.2, -0.15) is 19.9 Å². The first-order valence-electron chi connectivity index (χ1n) is 12.9. The molecule has 214 valence electrons. The number of hydrogen-bond acceptors (Lipinski definition) is 12. The van der Waals surface area contributed by atoms with E-state index in [1.54, 1.807) is 0 Å². The third kappa shape index (κ3) is 9.55. The molecule has 2 heterocycles. The number of H-pyrrole nitrogens is 2. The molecule has 0 aliphatic rings. The minimum atomic E-state index is 0.388. The van der Waals surface area contributed by atoms with Gasteiger partial charge in [0.1, 0.15) is 0 Å². The molecular weight excluding hydrogens is 605 g/mol. The summed E-state index contributed by atoms with van der Waals surface area (Å²) in [6.07, 6.45) is 0. The van der Waals surface area contributed by atoms with E-state index in [0.29, 0.717) is 56.6 Å². The summed E-state index contributed by atoms with van der Waals surface area (Å²) in [6.45, 7) is 1.28. The van der Waals surface area contributed by atoms with E-state index in [2.05, 4.69) is 75.4 Å². The molecule has 0 atom stereocenters. The van der Waals surface area contributed by atoms with Gasteiger partial charge < -0.3 is 31.2 Å². The van der Waals surface area contributed by atoms with E-state index in [4.69, 9.17) is 24.4 Å². The number of aromatic nitrogens is 6. The lowest BCUT2D eigenvalue weighted by Crippen LogP contribution is -2.06. The quantitative estimate of drug-likeness (QED) is 0.0431. The van der Waals surface area contributed by atoms with Crippen molar-refractivity contribution in [2.75, 3.05) is 33.0 Å². The maximum atomic E-state index is 5.28. The van der Waals surface area contributed by atoms with Gasteiger partial charge >= 0.3 is 0 Å². The molecule has 5 rings (SSSR count). The van der Waals surface area contributed by atoms with Crippen LogP contribution in [0, 0.1) is 9.54 Å². The van der Waals surface area contributed by atoms with Crippen molar-refractivity contribution in [2.45, 2.75) is 23.4 Å². The Bertz CT molecular complexity index is 1550. The third-order valence-corrected chi connectivity index (χ3v) is 7.55. The Morgan fingerprint density at radius 3 is 1.33 bits per heavy atom. The van der Waals surface area contributed by atoms with Crippen LogP contribution >= 0.6 is 48.0 Å². The first-order valence-corrected chi connectivity index (χ1v) is 15.7. The van der Waals surface area contributed by atoms with Gasteiger partial charge in [-0.25, -0.2) is 0 Å². The topological polar surface area (TPSA) is 131 Å². The summed E-state index contributed by atoms with van der Waals surface area (Å²) < 4.78 is 0.776. The zero-order chi connectivity index (χ0) is 29.0. The second-order valence-electron chi connectivity index (χ2n) is 8.76. The van der Waals surface area contributed by atoms with Gasteiger partial charge in [0, 0.05) is 24.5 Å². The molecule has 10 nitrogen and oxygen atoms in total. The van der Waals surface area contributed by atoms with Crippen LogP contribution in [0.2, 0.25) is 0 Å². The van der Waals surface area contributed by atoms with Crippen molar-refractivity contribution < 1.29 is 0 Å². The Labute approximate surface area is 262 Å². The van der Waals surface area contributed by atoms with Crippen molar-refractivity contribution in [3.05, 3.63) is 106 Å². The van der Waals surface area contributed by atoms with Crippen molar-refractivity contribution in [2.24, 2.45) is 0 Å². The van der Waals surface area contributed by atoms with Crippen LogP contribution in [0.1, 0.15) is 11.1 Å². The van der Waals surface area contributed by atoms with Crippen LogP contribution in [0.3, 0.4) is 0 Å². The van der Waals surface area contributed by atoms with Crippen LogP contribution in [0.4, 0.5) is 23.3 Å². The summed E-state index contributed by atoms with van der Waals surface area (Å²) in [5.74, 6) is 2.37. The third-order valence-electron chi connectivity index (χ3n) is 5.71. The van der Waals surface area contributed by atoms with Gasteiger partial charge in [-0.1, -0.05) is 84.2 Å². The first kappa shape index (κ1) is 29.5. The molecular formula is C28H28N10S4. The van der Waals surface area contributed by atoms with Gasteiger partial charge in [0.15, 0.2) is 10.3 Å². The normalized spacial score (nSPS) is 10.7. The highest BCUT2D eigenvalue weighted by Gasteiger charge is 2.05. The molecule has 0 spiro atoms. The number of nitrogens with zero attached hydrogens (tertiary/aromatic N) is 4. The Balaban J connectivity index is 1.05. The zero-order valence-corrected chi connectivity index (χ0v) is 25.6. The van der Waals surface area contributed by atoms with Crippen molar-refractivity contribution >= 4 is 71.2 Å². The van der Waals surface area contributed by atoms with Crippen LogP contribution in [0.5, 0.6) is 0 Å². The Morgan fingerprint density at radius 2 is 0.929 bits per heavy atom. The van der Waals surface area contributed by atoms with E-state index in [0.717, 1.165) is 22.5 Å².